The van der Waals surface area contributed by atoms with E-state index in [4.69, 9.17) is 0 Å². The predicted octanol–water partition coefficient (Wildman–Crippen LogP) is 4.99. The number of hydrogen-bond acceptors (Lipinski definition) is 2. The Labute approximate surface area is 125 Å². The fraction of sp³-hybridized carbons (Fsp3) is 0.556. The second-order valence-electron chi connectivity index (χ2n) is 6.66. The van der Waals surface area contributed by atoms with Crippen LogP contribution in [0.3, 0.4) is 0 Å². The normalized spacial score (nSPS) is 20.7. The van der Waals surface area contributed by atoms with E-state index in [1.807, 2.05) is 11.3 Å². The summed E-state index contributed by atoms with van der Waals surface area (Å²) in [5.41, 5.74) is 0. The fourth-order valence-corrected chi connectivity index (χ4v) is 4.49. The van der Waals surface area contributed by atoms with E-state index in [0.29, 0.717) is 6.04 Å². The first-order valence-electron chi connectivity index (χ1n) is 8.03. The van der Waals surface area contributed by atoms with Crippen LogP contribution in [0.4, 0.5) is 0 Å². The zero-order valence-corrected chi connectivity index (χ0v) is 13.0. The van der Waals surface area contributed by atoms with Gasteiger partial charge in [0.1, 0.15) is 0 Å². The van der Waals surface area contributed by atoms with Gasteiger partial charge in [-0.3, -0.25) is 0 Å². The molecule has 1 nitrogen and oxygen atoms in total. The first-order valence-corrected chi connectivity index (χ1v) is 8.85. The highest BCUT2D eigenvalue weighted by Crippen LogP contribution is 2.49. The molecule has 2 saturated carbocycles. The molecule has 4 rings (SSSR count). The molecule has 2 fully saturated rings. The minimum absolute atomic E-state index is 0.493. The van der Waals surface area contributed by atoms with Crippen LogP contribution in [-0.4, -0.2) is 6.54 Å². The molecule has 0 aliphatic heterocycles. The standard InChI is InChI=1S/C18H23NS/c1-12(18-10-15-4-2-3-5-17(15)20-18)19-11-16(13-6-7-13)14-8-9-14/h2-5,10,12-14,16,19H,6-9,11H2,1H3. The van der Waals surface area contributed by atoms with Crippen molar-refractivity contribution in [2.75, 3.05) is 6.54 Å². The summed E-state index contributed by atoms with van der Waals surface area (Å²) in [6.07, 6.45) is 5.94. The van der Waals surface area contributed by atoms with Crippen LogP contribution in [0.15, 0.2) is 30.3 Å². The van der Waals surface area contributed by atoms with Gasteiger partial charge in [-0.2, -0.15) is 0 Å². The molecule has 0 bridgehead atoms. The molecule has 1 aromatic heterocycles. The smallest absolute Gasteiger partial charge is 0.0386 e. The number of hydrogen-bond donors (Lipinski definition) is 1. The van der Waals surface area contributed by atoms with Crippen LogP contribution >= 0.6 is 11.3 Å². The summed E-state index contributed by atoms with van der Waals surface area (Å²) < 4.78 is 1.41. The summed E-state index contributed by atoms with van der Waals surface area (Å²) in [6, 6.07) is 11.6. The van der Waals surface area contributed by atoms with Crippen molar-refractivity contribution in [3.05, 3.63) is 35.2 Å². The molecule has 106 valence electrons. The van der Waals surface area contributed by atoms with Gasteiger partial charge in [-0.25, -0.2) is 0 Å². The number of nitrogens with one attached hydrogen (secondary N) is 1. The predicted molar refractivity (Wildman–Crippen MR) is 87.2 cm³/mol. The highest BCUT2D eigenvalue weighted by molar-refractivity contribution is 7.19. The van der Waals surface area contributed by atoms with Gasteiger partial charge in [-0.15, -0.1) is 11.3 Å². The molecule has 2 heteroatoms. The zero-order valence-electron chi connectivity index (χ0n) is 12.1. The molecule has 0 spiro atoms. The summed E-state index contributed by atoms with van der Waals surface area (Å²) in [5, 5.41) is 5.20. The highest BCUT2D eigenvalue weighted by Gasteiger charge is 2.41. The summed E-state index contributed by atoms with van der Waals surface area (Å²) >= 11 is 1.94. The monoisotopic (exact) mass is 285 g/mol. The molecular weight excluding hydrogens is 262 g/mol. The van der Waals surface area contributed by atoms with Crippen LogP contribution < -0.4 is 5.32 Å². The molecule has 2 aliphatic carbocycles. The van der Waals surface area contributed by atoms with E-state index in [-0.39, 0.29) is 0 Å². The van der Waals surface area contributed by atoms with Crippen LogP contribution in [0, 0.1) is 17.8 Å². The Morgan fingerprint density at radius 1 is 1.15 bits per heavy atom. The third-order valence-corrected chi connectivity index (χ3v) is 6.28. The van der Waals surface area contributed by atoms with Gasteiger partial charge in [-0.1, -0.05) is 18.2 Å². The molecule has 0 amide bonds. The summed E-state index contributed by atoms with van der Waals surface area (Å²) in [6.45, 7) is 3.55. The third-order valence-electron chi connectivity index (χ3n) is 4.99. The van der Waals surface area contributed by atoms with E-state index in [1.165, 1.54) is 47.2 Å². The van der Waals surface area contributed by atoms with Crippen molar-refractivity contribution in [1.29, 1.82) is 0 Å². The third kappa shape index (κ3) is 2.64. The fourth-order valence-electron chi connectivity index (χ4n) is 3.40. The van der Waals surface area contributed by atoms with Crippen molar-refractivity contribution in [2.45, 2.75) is 38.6 Å². The van der Waals surface area contributed by atoms with E-state index < -0.39 is 0 Å². The van der Waals surface area contributed by atoms with Crippen molar-refractivity contribution < 1.29 is 0 Å². The SMILES string of the molecule is CC(NCC(C1CC1)C1CC1)c1cc2ccccc2s1. The van der Waals surface area contributed by atoms with Gasteiger partial charge in [0.25, 0.3) is 0 Å². The topological polar surface area (TPSA) is 12.0 Å². The van der Waals surface area contributed by atoms with Crippen molar-refractivity contribution in [3.8, 4) is 0 Å². The number of rotatable bonds is 6. The Morgan fingerprint density at radius 3 is 2.50 bits per heavy atom. The van der Waals surface area contributed by atoms with E-state index in [9.17, 15) is 0 Å². The van der Waals surface area contributed by atoms with Crippen LogP contribution in [0.25, 0.3) is 10.1 Å². The largest absolute Gasteiger partial charge is 0.309 e. The van der Waals surface area contributed by atoms with E-state index in [1.54, 1.807) is 0 Å². The molecule has 1 aromatic carbocycles. The molecule has 1 heterocycles. The van der Waals surface area contributed by atoms with Gasteiger partial charge in [0.15, 0.2) is 0 Å². The van der Waals surface area contributed by atoms with E-state index >= 15 is 0 Å². The van der Waals surface area contributed by atoms with E-state index in [2.05, 4.69) is 42.6 Å². The van der Waals surface area contributed by atoms with Crippen molar-refractivity contribution in [1.82, 2.24) is 5.32 Å². The lowest BCUT2D eigenvalue weighted by Gasteiger charge is -2.19. The van der Waals surface area contributed by atoms with Crippen LogP contribution in [0.2, 0.25) is 0 Å². The molecule has 0 radical (unpaired) electrons. The maximum absolute atomic E-state index is 3.81. The Balaban J connectivity index is 1.42. The van der Waals surface area contributed by atoms with Gasteiger partial charge >= 0.3 is 0 Å². The van der Waals surface area contributed by atoms with Gasteiger partial charge in [0.05, 0.1) is 0 Å². The second-order valence-corrected chi connectivity index (χ2v) is 7.77. The number of benzene rings is 1. The average molecular weight is 285 g/mol. The average Bonchev–Trinajstić information content (AvgIpc) is 3.37. The first kappa shape index (κ1) is 12.8. The molecule has 2 aromatic rings. The molecule has 1 unspecified atom stereocenters. The quantitative estimate of drug-likeness (QED) is 0.788. The van der Waals surface area contributed by atoms with Crippen molar-refractivity contribution in [2.24, 2.45) is 17.8 Å². The molecule has 2 aliphatic rings. The summed E-state index contributed by atoms with van der Waals surface area (Å²) in [7, 11) is 0. The number of thiophene rings is 1. The Morgan fingerprint density at radius 2 is 1.85 bits per heavy atom. The van der Waals surface area contributed by atoms with Crippen LogP contribution in [0.1, 0.15) is 43.5 Å². The summed E-state index contributed by atoms with van der Waals surface area (Å²) in [5.74, 6) is 3.06. The van der Waals surface area contributed by atoms with Gasteiger partial charge < -0.3 is 5.32 Å². The number of fused-ring (bicyclic) bond motifs is 1. The van der Waals surface area contributed by atoms with Crippen molar-refractivity contribution in [3.63, 3.8) is 0 Å². The van der Waals surface area contributed by atoms with Gasteiger partial charge in [-0.05, 0) is 74.4 Å². The minimum atomic E-state index is 0.493. The van der Waals surface area contributed by atoms with Gasteiger partial charge in [0, 0.05) is 15.6 Å². The first-order chi connectivity index (χ1) is 9.81. The Hall–Kier alpha value is -0.860. The second kappa shape index (κ2) is 5.16. The van der Waals surface area contributed by atoms with Crippen molar-refractivity contribution >= 4 is 21.4 Å². The molecule has 1 N–H and O–H groups in total. The van der Waals surface area contributed by atoms with Crippen LogP contribution in [0.5, 0.6) is 0 Å². The van der Waals surface area contributed by atoms with Crippen LogP contribution in [-0.2, 0) is 0 Å². The maximum atomic E-state index is 3.81. The lowest BCUT2D eigenvalue weighted by molar-refractivity contribution is 0.363. The lowest BCUT2D eigenvalue weighted by Crippen LogP contribution is -2.27. The van der Waals surface area contributed by atoms with E-state index in [0.717, 1.165) is 17.8 Å². The maximum Gasteiger partial charge on any atom is 0.0386 e. The molecular formula is C18H23NS. The lowest BCUT2D eigenvalue weighted by atomic mass is 9.97. The van der Waals surface area contributed by atoms with Gasteiger partial charge in [0.2, 0.25) is 0 Å². The highest BCUT2D eigenvalue weighted by atomic mass is 32.1. The molecule has 0 saturated heterocycles. The Bertz CT molecular complexity index is 549. The Kier molecular flexibility index (Phi) is 3.31. The summed E-state index contributed by atoms with van der Waals surface area (Å²) in [4.78, 5) is 1.48. The molecule has 20 heavy (non-hydrogen) atoms. The molecule has 1 atom stereocenters. The minimum Gasteiger partial charge on any atom is -0.309 e. The zero-order chi connectivity index (χ0) is 13.5.